The molecule has 132 valence electrons. The third-order valence-corrected chi connectivity index (χ3v) is 4.87. The van der Waals surface area contributed by atoms with E-state index in [1.807, 2.05) is 13.0 Å². The molecule has 0 saturated heterocycles. The van der Waals surface area contributed by atoms with Crippen molar-refractivity contribution in [1.29, 1.82) is 0 Å². The Labute approximate surface area is 148 Å². The van der Waals surface area contributed by atoms with Gasteiger partial charge >= 0.3 is 0 Å². The average molecular weight is 352 g/mol. The lowest BCUT2D eigenvalue weighted by atomic mass is 10.1. The lowest BCUT2D eigenvalue weighted by Gasteiger charge is -2.14. The Hall–Kier alpha value is -3.15. The summed E-state index contributed by atoms with van der Waals surface area (Å²) >= 11 is 0. The smallest absolute Gasteiger partial charge is 0.267 e. The highest BCUT2D eigenvalue weighted by Crippen LogP contribution is 2.35. The van der Waals surface area contributed by atoms with Crippen LogP contribution in [0.2, 0.25) is 0 Å². The third kappa shape index (κ3) is 2.37. The van der Waals surface area contributed by atoms with E-state index >= 15 is 0 Å². The van der Waals surface area contributed by atoms with Gasteiger partial charge in [-0.25, -0.2) is 4.39 Å². The molecular formula is C20H17FN2O3. The molecule has 6 heteroatoms. The normalized spacial score (nSPS) is 15.4. The number of carbonyl (C=O) groups excluding carboxylic acids is 1. The molecule has 1 aliphatic heterocycles. The fourth-order valence-corrected chi connectivity index (χ4v) is 3.63. The zero-order chi connectivity index (χ0) is 18.4. The number of para-hydroxylation sites is 1. The summed E-state index contributed by atoms with van der Waals surface area (Å²) in [6.07, 6.45) is 0.673. The van der Waals surface area contributed by atoms with Gasteiger partial charge in [-0.3, -0.25) is 9.59 Å². The molecule has 0 spiro atoms. The van der Waals surface area contributed by atoms with Gasteiger partial charge in [0.05, 0.1) is 5.52 Å². The van der Waals surface area contributed by atoms with Crippen LogP contribution < -0.4 is 10.9 Å². The van der Waals surface area contributed by atoms with Gasteiger partial charge in [0.1, 0.15) is 17.1 Å². The highest BCUT2D eigenvalue weighted by molar-refractivity contribution is 6.03. The first-order valence-electron chi connectivity index (χ1n) is 8.39. The molecule has 1 aromatic heterocycles. The topological polar surface area (TPSA) is 71.3 Å². The van der Waals surface area contributed by atoms with Crippen LogP contribution in [0.3, 0.4) is 0 Å². The Morgan fingerprint density at radius 2 is 2.04 bits per heavy atom. The van der Waals surface area contributed by atoms with E-state index in [1.54, 1.807) is 34.9 Å². The average Bonchev–Trinajstić information content (AvgIpc) is 2.96. The number of amides is 1. The highest BCUT2D eigenvalue weighted by atomic mass is 19.1. The molecule has 1 atom stereocenters. The van der Waals surface area contributed by atoms with Crippen LogP contribution in [0.4, 0.5) is 4.39 Å². The Morgan fingerprint density at radius 3 is 2.81 bits per heavy atom. The van der Waals surface area contributed by atoms with Gasteiger partial charge in [0, 0.05) is 23.5 Å². The van der Waals surface area contributed by atoms with Crippen LogP contribution in [0.5, 0.6) is 5.75 Å². The Morgan fingerprint density at radius 1 is 1.27 bits per heavy atom. The second-order valence-electron chi connectivity index (χ2n) is 6.54. The molecule has 26 heavy (non-hydrogen) atoms. The van der Waals surface area contributed by atoms with Crippen molar-refractivity contribution in [3.8, 4) is 5.75 Å². The molecule has 4 rings (SSSR count). The number of nitrogens with zero attached hydrogens (tertiary/aromatic N) is 1. The number of aromatic nitrogens is 1. The zero-order valence-corrected chi connectivity index (χ0v) is 14.1. The van der Waals surface area contributed by atoms with Crippen LogP contribution in [-0.2, 0) is 13.0 Å². The highest BCUT2D eigenvalue weighted by Gasteiger charge is 2.29. The van der Waals surface area contributed by atoms with Gasteiger partial charge in [0.25, 0.3) is 11.5 Å². The number of pyridine rings is 1. The maximum atomic E-state index is 13.7. The number of rotatable bonds is 3. The largest absolute Gasteiger partial charge is 0.506 e. The standard InChI is InChI=1S/C20H17FN2O3/c1-11-9-12-6-4-7-14-17(12)23(11)20(26)16(18(14)24)19(25)22-10-13-5-2-3-8-15(13)21/h2-8,11,24H,9-10H2,1H3,(H,22,25)/t11-/m1/s1. The van der Waals surface area contributed by atoms with Gasteiger partial charge in [0.2, 0.25) is 0 Å². The first-order chi connectivity index (χ1) is 12.5. The van der Waals surface area contributed by atoms with E-state index in [9.17, 15) is 19.1 Å². The van der Waals surface area contributed by atoms with Crippen LogP contribution in [0.15, 0.2) is 47.3 Å². The number of carbonyl (C=O) groups is 1. The molecule has 0 radical (unpaired) electrons. The summed E-state index contributed by atoms with van der Waals surface area (Å²) in [5.74, 6) is -1.49. The van der Waals surface area contributed by atoms with Gasteiger partial charge in [-0.05, 0) is 31.0 Å². The molecule has 0 saturated carbocycles. The van der Waals surface area contributed by atoms with Gasteiger partial charge in [-0.15, -0.1) is 0 Å². The fraction of sp³-hybridized carbons (Fsp3) is 0.200. The van der Waals surface area contributed by atoms with Crippen molar-refractivity contribution in [1.82, 2.24) is 9.88 Å². The van der Waals surface area contributed by atoms with E-state index < -0.39 is 17.3 Å². The van der Waals surface area contributed by atoms with Crippen molar-refractivity contribution in [2.24, 2.45) is 0 Å². The first-order valence-corrected chi connectivity index (χ1v) is 8.39. The molecule has 1 aliphatic rings. The predicted octanol–water partition coefficient (Wildman–Crippen LogP) is 2.89. The summed E-state index contributed by atoms with van der Waals surface area (Å²) in [6, 6.07) is 11.4. The summed E-state index contributed by atoms with van der Waals surface area (Å²) < 4.78 is 15.3. The summed E-state index contributed by atoms with van der Waals surface area (Å²) in [6.45, 7) is 1.83. The minimum absolute atomic E-state index is 0.0714. The lowest BCUT2D eigenvalue weighted by Crippen LogP contribution is -2.33. The van der Waals surface area contributed by atoms with Crippen LogP contribution in [-0.4, -0.2) is 15.6 Å². The van der Waals surface area contributed by atoms with Crippen molar-refractivity contribution >= 4 is 16.8 Å². The quantitative estimate of drug-likeness (QED) is 0.761. The van der Waals surface area contributed by atoms with Gasteiger partial charge in [-0.1, -0.05) is 30.3 Å². The molecular weight excluding hydrogens is 335 g/mol. The van der Waals surface area contributed by atoms with Gasteiger partial charge < -0.3 is 15.0 Å². The summed E-state index contributed by atoms with van der Waals surface area (Å²) in [4.78, 5) is 25.5. The second kappa shape index (κ2) is 5.98. The molecule has 2 heterocycles. The van der Waals surface area contributed by atoms with E-state index in [0.29, 0.717) is 22.9 Å². The maximum Gasteiger partial charge on any atom is 0.267 e. The van der Waals surface area contributed by atoms with Gasteiger partial charge in [0.15, 0.2) is 0 Å². The molecule has 0 bridgehead atoms. The molecule has 3 aromatic rings. The Bertz CT molecular complexity index is 1100. The number of hydrogen-bond acceptors (Lipinski definition) is 3. The van der Waals surface area contributed by atoms with Crippen molar-refractivity contribution < 1.29 is 14.3 Å². The fourth-order valence-electron chi connectivity index (χ4n) is 3.63. The van der Waals surface area contributed by atoms with Crippen LogP contribution in [0, 0.1) is 5.82 Å². The van der Waals surface area contributed by atoms with Gasteiger partial charge in [-0.2, -0.15) is 0 Å². The molecule has 5 nitrogen and oxygen atoms in total. The molecule has 0 aliphatic carbocycles. The Kier molecular flexibility index (Phi) is 3.76. The predicted molar refractivity (Wildman–Crippen MR) is 95.9 cm³/mol. The van der Waals surface area contributed by atoms with Crippen LogP contribution in [0.1, 0.15) is 34.5 Å². The maximum absolute atomic E-state index is 13.7. The number of aromatic hydroxyl groups is 1. The van der Waals surface area contributed by atoms with E-state index in [2.05, 4.69) is 5.32 Å². The SMILES string of the molecule is C[C@@H]1Cc2cccc3c(O)c(C(=O)NCc4ccccc4F)c(=O)n1c23. The zero-order valence-electron chi connectivity index (χ0n) is 14.1. The Balaban J connectivity index is 1.77. The van der Waals surface area contributed by atoms with Crippen molar-refractivity contribution in [3.05, 3.63) is 75.3 Å². The first kappa shape index (κ1) is 16.3. The summed E-state index contributed by atoms with van der Waals surface area (Å²) in [5, 5.41) is 13.6. The number of benzene rings is 2. The van der Waals surface area contributed by atoms with E-state index in [0.717, 1.165) is 5.56 Å². The molecule has 1 amide bonds. The lowest BCUT2D eigenvalue weighted by molar-refractivity contribution is 0.0946. The monoisotopic (exact) mass is 352 g/mol. The van der Waals surface area contributed by atoms with Crippen molar-refractivity contribution in [2.45, 2.75) is 25.9 Å². The van der Waals surface area contributed by atoms with Crippen LogP contribution >= 0.6 is 0 Å². The summed E-state index contributed by atoms with van der Waals surface area (Å²) in [7, 11) is 0. The van der Waals surface area contributed by atoms with Crippen LogP contribution in [0.25, 0.3) is 10.9 Å². The van der Waals surface area contributed by atoms with E-state index in [-0.39, 0.29) is 23.9 Å². The minimum atomic E-state index is -0.717. The van der Waals surface area contributed by atoms with Crippen molar-refractivity contribution in [2.75, 3.05) is 0 Å². The van der Waals surface area contributed by atoms with E-state index in [4.69, 9.17) is 0 Å². The van der Waals surface area contributed by atoms with E-state index in [1.165, 1.54) is 6.07 Å². The molecule has 0 fully saturated rings. The molecule has 0 unspecified atom stereocenters. The number of hydrogen-bond donors (Lipinski definition) is 2. The van der Waals surface area contributed by atoms with Crippen molar-refractivity contribution in [3.63, 3.8) is 0 Å². The second-order valence-corrected chi connectivity index (χ2v) is 6.54. The minimum Gasteiger partial charge on any atom is -0.506 e. The molecule has 2 aromatic carbocycles. The summed E-state index contributed by atoms with van der Waals surface area (Å²) in [5.41, 5.74) is 1.12. The number of halogens is 1. The third-order valence-electron chi connectivity index (χ3n) is 4.87. The number of nitrogens with one attached hydrogen (secondary N) is 1. The molecule has 2 N–H and O–H groups in total.